The minimum Gasteiger partial charge on any atom is -0.361 e. The number of carbonyl (C=O) groups is 2. The molecule has 0 saturated carbocycles. The van der Waals surface area contributed by atoms with Gasteiger partial charge in [-0.3, -0.25) is 9.36 Å². The molecular weight excluding hydrogens is 614 g/mol. The molecule has 7 rings (SSSR count). The van der Waals surface area contributed by atoms with Gasteiger partial charge in [0.05, 0.1) is 11.0 Å². The average Bonchev–Trinajstić information content (AvgIpc) is 3.63. The average molecular weight is 654 g/mol. The zero-order valence-electron chi connectivity index (χ0n) is 26.7. The Bertz CT molecular complexity index is 1990. The molecule has 0 spiro atoms. The number of benzene rings is 3. The normalized spacial score (nSPS) is 17.7. The summed E-state index contributed by atoms with van der Waals surface area (Å²) in [6, 6.07) is 20.3. The molecule has 0 radical (unpaired) electrons. The van der Waals surface area contributed by atoms with Crippen molar-refractivity contribution in [2.75, 3.05) is 45.2 Å². The minimum absolute atomic E-state index is 0.0170. The molecule has 1 fully saturated rings. The first kappa shape index (κ1) is 31.1. The third-order valence-corrected chi connectivity index (χ3v) is 9.84. The van der Waals surface area contributed by atoms with Crippen LogP contribution in [0.2, 0.25) is 5.02 Å². The molecule has 0 aliphatic carbocycles. The van der Waals surface area contributed by atoms with Gasteiger partial charge in [0, 0.05) is 66.5 Å². The van der Waals surface area contributed by atoms with E-state index in [9.17, 15) is 14.4 Å². The molecule has 244 valence electrons. The molecule has 2 atom stereocenters. The summed E-state index contributed by atoms with van der Waals surface area (Å²) in [4.78, 5) is 53.4. The van der Waals surface area contributed by atoms with Crippen molar-refractivity contribution in [1.82, 2.24) is 29.7 Å². The van der Waals surface area contributed by atoms with E-state index in [1.165, 1.54) is 0 Å². The fraction of sp³-hybridized carbons (Fsp3) is 0.361. The number of carbonyl (C=O) groups excluding carboxylic acids is 2. The number of aromatic nitrogens is 3. The fourth-order valence-electron chi connectivity index (χ4n) is 7.47. The Labute approximate surface area is 278 Å². The third kappa shape index (κ3) is 6.27. The van der Waals surface area contributed by atoms with E-state index in [4.69, 9.17) is 11.6 Å². The molecule has 3 aromatic carbocycles. The first-order valence-electron chi connectivity index (χ1n) is 16.3. The van der Waals surface area contributed by atoms with Crippen LogP contribution in [-0.2, 0) is 17.6 Å². The fourth-order valence-corrected chi connectivity index (χ4v) is 7.67. The van der Waals surface area contributed by atoms with Gasteiger partial charge >= 0.3 is 11.7 Å². The van der Waals surface area contributed by atoms with Crippen molar-refractivity contribution in [2.24, 2.45) is 5.92 Å². The summed E-state index contributed by atoms with van der Waals surface area (Å²) in [5.41, 5.74) is 5.39. The lowest BCUT2D eigenvalue weighted by Crippen LogP contribution is -2.56. The molecule has 0 bridgehead atoms. The number of para-hydroxylation sites is 3. The van der Waals surface area contributed by atoms with Gasteiger partial charge in [0.2, 0.25) is 5.91 Å². The zero-order valence-corrected chi connectivity index (χ0v) is 27.5. The van der Waals surface area contributed by atoms with E-state index in [2.05, 4.69) is 20.2 Å². The van der Waals surface area contributed by atoms with Gasteiger partial charge in [0.15, 0.2) is 0 Å². The summed E-state index contributed by atoms with van der Waals surface area (Å²) in [5, 5.41) is 4.82. The minimum atomic E-state index is -0.794. The first-order valence-corrected chi connectivity index (χ1v) is 16.7. The van der Waals surface area contributed by atoms with Crippen LogP contribution in [-0.4, -0.2) is 82.6 Å². The molecule has 11 heteroatoms. The summed E-state index contributed by atoms with van der Waals surface area (Å²) in [5.74, 6) is 0.0761. The van der Waals surface area contributed by atoms with E-state index >= 15 is 0 Å². The van der Waals surface area contributed by atoms with Crippen LogP contribution in [0.1, 0.15) is 30.0 Å². The van der Waals surface area contributed by atoms with Crippen molar-refractivity contribution < 1.29 is 9.59 Å². The lowest BCUT2D eigenvalue weighted by atomic mass is 9.91. The van der Waals surface area contributed by atoms with Crippen LogP contribution in [0.3, 0.4) is 0 Å². The highest BCUT2D eigenvalue weighted by atomic mass is 35.5. The summed E-state index contributed by atoms with van der Waals surface area (Å²) in [6.07, 6.45) is 4.38. The monoisotopic (exact) mass is 653 g/mol. The number of amides is 3. The van der Waals surface area contributed by atoms with Crippen LogP contribution in [0.5, 0.6) is 0 Å². The van der Waals surface area contributed by atoms with Crippen LogP contribution < -0.4 is 15.9 Å². The van der Waals surface area contributed by atoms with Gasteiger partial charge in [0.1, 0.15) is 6.04 Å². The van der Waals surface area contributed by atoms with Gasteiger partial charge in [-0.15, -0.1) is 0 Å². The number of nitrogens with zero attached hydrogens (tertiary/aromatic N) is 4. The second-order valence-corrected chi connectivity index (χ2v) is 13.6. The number of rotatable bonds is 7. The number of nitrogens with one attached hydrogen (secondary N) is 3. The molecule has 47 heavy (non-hydrogen) atoms. The van der Waals surface area contributed by atoms with E-state index in [0.29, 0.717) is 43.9 Å². The second kappa shape index (κ2) is 12.9. The highest BCUT2D eigenvalue weighted by molar-refractivity contribution is 6.30. The smallest absolute Gasteiger partial charge is 0.326 e. The maximum atomic E-state index is 14.6. The lowest BCUT2D eigenvalue weighted by molar-refractivity contribution is -0.120. The number of halogens is 1. The Morgan fingerprint density at radius 3 is 2.55 bits per heavy atom. The molecule has 1 unspecified atom stereocenters. The molecule has 2 aliphatic heterocycles. The van der Waals surface area contributed by atoms with Gasteiger partial charge in [0.25, 0.3) is 0 Å². The molecule has 2 aliphatic rings. The number of aromatic amines is 2. The molecule has 4 heterocycles. The van der Waals surface area contributed by atoms with Crippen LogP contribution in [0.25, 0.3) is 21.9 Å². The standard InChI is InChI=1S/C36H40ClN7O3/c1-41(2)21-23-17-24-18-26(37)11-12-32(24)43(22-23)34(45)31(19-25-20-38-29-8-4-3-7-28(25)29)40-35(46)42-15-13-27(14-16-42)44-33-10-6-5-9-30(33)39-36(44)47/h3-12,18,20,23,27,31,38H,13-17,19,21-22H2,1-2H3,(H,39,47)(H,40,46)/t23?,31-/m1/s1. The molecule has 10 nitrogen and oxygen atoms in total. The quantitative estimate of drug-likeness (QED) is 0.225. The number of hydrogen-bond acceptors (Lipinski definition) is 4. The first-order chi connectivity index (χ1) is 22.7. The molecular formula is C36H40ClN7O3. The predicted octanol–water partition coefficient (Wildman–Crippen LogP) is 5.19. The third-order valence-electron chi connectivity index (χ3n) is 9.61. The number of imidazole rings is 1. The second-order valence-electron chi connectivity index (χ2n) is 13.2. The summed E-state index contributed by atoms with van der Waals surface area (Å²) in [7, 11) is 4.08. The molecule has 1 saturated heterocycles. The maximum Gasteiger partial charge on any atom is 0.326 e. The largest absolute Gasteiger partial charge is 0.361 e. The van der Waals surface area contributed by atoms with Crippen LogP contribution in [0.4, 0.5) is 10.5 Å². The van der Waals surface area contributed by atoms with Gasteiger partial charge < -0.3 is 30.0 Å². The summed E-state index contributed by atoms with van der Waals surface area (Å²) in [6.45, 7) is 2.33. The Morgan fingerprint density at radius 2 is 1.77 bits per heavy atom. The van der Waals surface area contributed by atoms with Crippen LogP contribution in [0, 0.1) is 5.92 Å². The number of hydrogen-bond donors (Lipinski definition) is 3. The van der Waals surface area contributed by atoms with Gasteiger partial charge in [-0.1, -0.05) is 41.9 Å². The van der Waals surface area contributed by atoms with Crippen molar-refractivity contribution in [1.29, 1.82) is 0 Å². The molecule has 3 amide bonds. The van der Waals surface area contributed by atoms with Crippen molar-refractivity contribution in [2.45, 2.75) is 37.8 Å². The summed E-state index contributed by atoms with van der Waals surface area (Å²) >= 11 is 6.40. The van der Waals surface area contributed by atoms with Crippen molar-refractivity contribution >= 4 is 51.2 Å². The number of likely N-dealkylation sites (tertiary alicyclic amines) is 1. The SMILES string of the molecule is CN(C)CC1Cc2cc(Cl)ccc2N(C(=O)[C@@H](Cc2c[nH]c3ccccc23)NC(=O)N2CCC(n3c(=O)[nH]c4ccccc43)CC2)C1. The number of fused-ring (bicyclic) bond motifs is 3. The number of anilines is 1. The van der Waals surface area contributed by atoms with E-state index in [1.807, 2.05) is 96.5 Å². The van der Waals surface area contributed by atoms with Crippen molar-refractivity contribution in [3.8, 4) is 0 Å². The van der Waals surface area contributed by atoms with Crippen LogP contribution in [0.15, 0.2) is 77.7 Å². The summed E-state index contributed by atoms with van der Waals surface area (Å²) < 4.78 is 1.82. The van der Waals surface area contributed by atoms with Gasteiger partial charge in [-0.25, -0.2) is 9.59 Å². The Hall–Kier alpha value is -4.54. The predicted molar refractivity (Wildman–Crippen MR) is 186 cm³/mol. The Morgan fingerprint density at radius 1 is 1.02 bits per heavy atom. The van der Waals surface area contributed by atoms with Crippen LogP contribution >= 0.6 is 11.6 Å². The van der Waals surface area contributed by atoms with Crippen molar-refractivity contribution in [3.63, 3.8) is 0 Å². The number of piperidine rings is 1. The van der Waals surface area contributed by atoms with E-state index in [1.54, 1.807) is 4.90 Å². The highest BCUT2D eigenvalue weighted by Gasteiger charge is 2.35. The Kier molecular flexibility index (Phi) is 8.55. The number of H-pyrrole nitrogens is 2. The van der Waals surface area contributed by atoms with Gasteiger partial charge in [-0.05, 0) is 86.8 Å². The molecule has 2 aromatic heterocycles. The Balaban J connectivity index is 1.14. The molecule has 3 N–H and O–H groups in total. The highest BCUT2D eigenvalue weighted by Crippen LogP contribution is 2.33. The lowest BCUT2D eigenvalue weighted by Gasteiger charge is -2.38. The maximum absolute atomic E-state index is 14.6. The molecule has 5 aromatic rings. The number of urea groups is 1. The van der Waals surface area contributed by atoms with Gasteiger partial charge in [-0.2, -0.15) is 0 Å². The van der Waals surface area contributed by atoms with E-state index < -0.39 is 6.04 Å². The topological polar surface area (TPSA) is 109 Å². The van der Waals surface area contributed by atoms with E-state index in [-0.39, 0.29) is 29.6 Å². The van der Waals surface area contributed by atoms with Crippen molar-refractivity contribution in [3.05, 3.63) is 99.6 Å². The zero-order chi connectivity index (χ0) is 32.7. The van der Waals surface area contributed by atoms with E-state index in [0.717, 1.165) is 51.7 Å².